The van der Waals surface area contributed by atoms with Crippen molar-refractivity contribution in [2.75, 3.05) is 0 Å². The third-order valence-corrected chi connectivity index (χ3v) is 2.04. The third-order valence-electron chi connectivity index (χ3n) is 2.04. The van der Waals surface area contributed by atoms with E-state index < -0.39 is 16.2 Å². The van der Waals surface area contributed by atoms with E-state index in [0.717, 1.165) is 6.07 Å². The molecule has 76 valence electrons. The van der Waals surface area contributed by atoms with Crippen molar-refractivity contribution in [3.63, 3.8) is 0 Å². The molecule has 1 aromatic carbocycles. The topological polar surface area (TPSA) is 96.2 Å². The van der Waals surface area contributed by atoms with Gasteiger partial charge in [-0.25, -0.2) is 0 Å². The number of fused-ring (bicyclic) bond motifs is 1. The molecule has 0 saturated heterocycles. The van der Waals surface area contributed by atoms with Gasteiger partial charge in [0.2, 0.25) is 0 Å². The van der Waals surface area contributed by atoms with E-state index in [1.807, 2.05) is 0 Å². The molecule has 0 amide bonds. The highest BCUT2D eigenvalue weighted by Gasteiger charge is 2.12. The van der Waals surface area contributed by atoms with Gasteiger partial charge in [-0.15, -0.1) is 0 Å². The van der Waals surface area contributed by atoms with Crippen molar-refractivity contribution in [3.05, 3.63) is 44.7 Å². The SMILES string of the molecule is O=c1[nH]c2cccc([N+](=O)[O-])c2cc1O. The molecule has 1 aromatic heterocycles. The van der Waals surface area contributed by atoms with Crippen molar-refractivity contribution >= 4 is 16.6 Å². The third kappa shape index (κ3) is 1.41. The van der Waals surface area contributed by atoms with Gasteiger partial charge < -0.3 is 10.1 Å². The van der Waals surface area contributed by atoms with E-state index in [0.29, 0.717) is 5.52 Å². The Morgan fingerprint density at radius 3 is 2.80 bits per heavy atom. The van der Waals surface area contributed by atoms with E-state index >= 15 is 0 Å². The molecule has 0 saturated carbocycles. The number of aromatic nitrogens is 1. The van der Waals surface area contributed by atoms with Crippen molar-refractivity contribution in [1.82, 2.24) is 4.98 Å². The monoisotopic (exact) mass is 206 g/mol. The van der Waals surface area contributed by atoms with Gasteiger partial charge in [0.25, 0.3) is 11.2 Å². The summed E-state index contributed by atoms with van der Waals surface area (Å²) in [6.45, 7) is 0. The molecule has 6 nitrogen and oxygen atoms in total. The molecule has 2 N–H and O–H groups in total. The Balaban J connectivity index is 2.92. The van der Waals surface area contributed by atoms with Crippen LogP contribution in [0, 0.1) is 10.1 Å². The summed E-state index contributed by atoms with van der Waals surface area (Å²) in [7, 11) is 0. The molecule has 0 unspecified atom stereocenters. The summed E-state index contributed by atoms with van der Waals surface area (Å²) in [6, 6.07) is 5.39. The first-order chi connectivity index (χ1) is 7.09. The highest BCUT2D eigenvalue weighted by Crippen LogP contribution is 2.24. The van der Waals surface area contributed by atoms with Crippen LogP contribution in [-0.4, -0.2) is 15.0 Å². The van der Waals surface area contributed by atoms with E-state index in [2.05, 4.69) is 4.98 Å². The zero-order chi connectivity index (χ0) is 11.0. The smallest absolute Gasteiger partial charge is 0.290 e. The van der Waals surface area contributed by atoms with Gasteiger partial charge in [0.15, 0.2) is 5.75 Å². The summed E-state index contributed by atoms with van der Waals surface area (Å²) >= 11 is 0. The number of rotatable bonds is 1. The largest absolute Gasteiger partial charge is 0.503 e. The van der Waals surface area contributed by atoms with Crippen LogP contribution < -0.4 is 5.56 Å². The number of hydrogen-bond acceptors (Lipinski definition) is 4. The lowest BCUT2D eigenvalue weighted by Gasteiger charge is -1.99. The number of nitrogens with one attached hydrogen (secondary N) is 1. The molecule has 2 rings (SSSR count). The Hall–Kier alpha value is -2.37. The second kappa shape index (κ2) is 3.09. The second-order valence-corrected chi connectivity index (χ2v) is 2.98. The number of nitro groups is 1. The first-order valence-corrected chi connectivity index (χ1v) is 4.09. The molecule has 0 atom stereocenters. The van der Waals surface area contributed by atoms with Crippen molar-refractivity contribution in [1.29, 1.82) is 0 Å². The number of H-pyrrole nitrogens is 1. The molecule has 6 heteroatoms. The minimum absolute atomic E-state index is 0.154. The van der Waals surface area contributed by atoms with Crippen LogP contribution in [0.5, 0.6) is 5.75 Å². The number of pyridine rings is 1. The molecule has 2 aromatic rings. The molecular formula is C9H6N2O4. The lowest BCUT2D eigenvalue weighted by atomic mass is 10.2. The van der Waals surface area contributed by atoms with E-state index in [9.17, 15) is 14.9 Å². The summed E-state index contributed by atoms with van der Waals surface area (Å²) in [4.78, 5) is 23.5. The summed E-state index contributed by atoms with van der Waals surface area (Å²) in [5, 5.41) is 20.0. The fourth-order valence-corrected chi connectivity index (χ4v) is 1.36. The second-order valence-electron chi connectivity index (χ2n) is 2.98. The Kier molecular flexibility index (Phi) is 1.89. The zero-order valence-electron chi connectivity index (χ0n) is 7.43. The van der Waals surface area contributed by atoms with Crippen LogP contribution in [-0.2, 0) is 0 Å². The maximum atomic E-state index is 11.0. The van der Waals surface area contributed by atoms with Gasteiger partial charge >= 0.3 is 0 Å². The predicted octanol–water partition coefficient (Wildman–Crippen LogP) is 1.14. The fraction of sp³-hybridized carbons (Fsp3) is 0. The van der Waals surface area contributed by atoms with Crippen LogP contribution in [0.25, 0.3) is 10.9 Å². The quantitative estimate of drug-likeness (QED) is 0.540. The van der Waals surface area contributed by atoms with E-state index in [1.165, 1.54) is 18.2 Å². The Morgan fingerprint density at radius 1 is 1.40 bits per heavy atom. The number of aromatic hydroxyl groups is 1. The summed E-state index contributed by atoms with van der Waals surface area (Å²) in [6.07, 6.45) is 0. The van der Waals surface area contributed by atoms with Crippen LogP contribution >= 0.6 is 0 Å². The maximum Gasteiger partial charge on any atom is 0.290 e. The van der Waals surface area contributed by atoms with E-state index in [1.54, 1.807) is 0 Å². The molecule has 0 spiro atoms. The fourth-order valence-electron chi connectivity index (χ4n) is 1.36. The first-order valence-electron chi connectivity index (χ1n) is 4.09. The summed E-state index contributed by atoms with van der Waals surface area (Å²) < 4.78 is 0. The van der Waals surface area contributed by atoms with Crippen LogP contribution in [0.15, 0.2) is 29.1 Å². The van der Waals surface area contributed by atoms with E-state index in [4.69, 9.17) is 5.11 Å². The van der Waals surface area contributed by atoms with Crippen molar-refractivity contribution in [2.24, 2.45) is 0 Å². The van der Waals surface area contributed by atoms with Gasteiger partial charge in [-0.3, -0.25) is 14.9 Å². The molecule has 0 aliphatic heterocycles. The Morgan fingerprint density at radius 2 is 2.13 bits per heavy atom. The maximum absolute atomic E-state index is 11.0. The molecule has 15 heavy (non-hydrogen) atoms. The van der Waals surface area contributed by atoms with Crippen molar-refractivity contribution in [2.45, 2.75) is 0 Å². The number of nitro benzene ring substituents is 1. The van der Waals surface area contributed by atoms with Gasteiger partial charge in [-0.2, -0.15) is 0 Å². The van der Waals surface area contributed by atoms with Gasteiger partial charge in [-0.1, -0.05) is 6.07 Å². The van der Waals surface area contributed by atoms with Gasteiger partial charge in [-0.05, 0) is 6.07 Å². The Bertz CT molecular complexity index is 603. The zero-order valence-corrected chi connectivity index (χ0v) is 7.43. The minimum atomic E-state index is -0.664. The Labute approximate surface area is 82.9 Å². The molecular weight excluding hydrogens is 200 g/mol. The van der Waals surface area contributed by atoms with Crippen LogP contribution in [0.4, 0.5) is 5.69 Å². The van der Waals surface area contributed by atoms with Gasteiger partial charge in [0.1, 0.15) is 0 Å². The standard InChI is InChI=1S/C9H6N2O4/c12-8-4-5-6(10-9(8)13)2-1-3-7(5)11(14)15/h1-4,12H,(H,10,13). The number of benzene rings is 1. The molecule has 0 bridgehead atoms. The highest BCUT2D eigenvalue weighted by atomic mass is 16.6. The number of hydrogen-bond donors (Lipinski definition) is 2. The minimum Gasteiger partial charge on any atom is -0.503 e. The van der Waals surface area contributed by atoms with Crippen LogP contribution in [0.3, 0.4) is 0 Å². The van der Waals surface area contributed by atoms with Gasteiger partial charge in [0.05, 0.1) is 15.8 Å². The molecule has 1 heterocycles. The predicted molar refractivity (Wildman–Crippen MR) is 52.9 cm³/mol. The van der Waals surface area contributed by atoms with E-state index in [-0.39, 0.29) is 11.1 Å². The average molecular weight is 206 g/mol. The van der Waals surface area contributed by atoms with Crippen molar-refractivity contribution < 1.29 is 10.0 Å². The molecule has 0 aliphatic rings. The highest BCUT2D eigenvalue weighted by molar-refractivity contribution is 5.88. The average Bonchev–Trinajstić information content (AvgIpc) is 2.18. The summed E-state index contributed by atoms with van der Waals surface area (Å²) in [5.41, 5.74) is -0.492. The first kappa shape index (κ1) is 9.20. The number of non-ortho nitro benzene ring substituents is 1. The molecule has 0 fully saturated rings. The molecule has 0 radical (unpaired) electrons. The lowest BCUT2D eigenvalue weighted by molar-refractivity contribution is -0.383. The van der Waals surface area contributed by atoms with Crippen molar-refractivity contribution in [3.8, 4) is 5.75 Å². The number of nitrogens with zero attached hydrogens (tertiary/aromatic N) is 1. The number of aromatic amines is 1. The van der Waals surface area contributed by atoms with Crippen LogP contribution in [0.1, 0.15) is 0 Å². The normalized spacial score (nSPS) is 10.4. The van der Waals surface area contributed by atoms with Gasteiger partial charge in [0, 0.05) is 12.1 Å². The van der Waals surface area contributed by atoms with Crippen LogP contribution in [0.2, 0.25) is 0 Å². The summed E-state index contributed by atoms with van der Waals surface area (Å²) in [5.74, 6) is -0.531. The molecule has 0 aliphatic carbocycles. The lowest BCUT2D eigenvalue weighted by Crippen LogP contribution is -2.04.